The van der Waals surface area contributed by atoms with Crippen molar-refractivity contribution in [2.45, 2.75) is 31.2 Å². The molecular formula is C35H26Cl2N2O4. The van der Waals surface area contributed by atoms with Gasteiger partial charge in [-0.15, -0.1) is 0 Å². The van der Waals surface area contributed by atoms with Crippen molar-refractivity contribution in [1.29, 1.82) is 0 Å². The van der Waals surface area contributed by atoms with E-state index in [2.05, 4.69) is 0 Å². The highest BCUT2D eigenvalue weighted by molar-refractivity contribution is 6.36. The summed E-state index contributed by atoms with van der Waals surface area (Å²) in [6.45, 7) is 1.75. The van der Waals surface area contributed by atoms with Crippen molar-refractivity contribution in [3.8, 4) is 0 Å². The first-order valence-electron chi connectivity index (χ1n) is 14.3. The molecule has 8 heteroatoms. The molecule has 0 N–H and O–H groups in total. The minimum Gasteiger partial charge on any atom is -0.292 e. The van der Waals surface area contributed by atoms with Crippen LogP contribution < -0.4 is 0 Å². The summed E-state index contributed by atoms with van der Waals surface area (Å²) in [5.74, 6) is -4.24. The monoisotopic (exact) mass is 608 g/mol. The molecule has 1 saturated heterocycles. The molecule has 214 valence electrons. The van der Waals surface area contributed by atoms with Gasteiger partial charge in [0, 0.05) is 22.4 Å². The predicted octanol–water partition coefficient (Wildman–Crippen LogP) is 6.90. The van der Waals surface area contributed by atoms with Crippen molar-refractivity contribution in [2.24, 2.45) is 11.8 Å². The molecule has 3 aliphatic carbocycles. The highest BCUT2D eigenvalue weighted by Crippen LogP contribution is 2.61. The zero-order chi connectivity index (χ0) is 30.0. The fourth-order valence-corrected chi connectivity index (χ4v) is 7.79. The average molecular weight is 610 g/mol. The van der Waals surface area contributed by atoms with Gasteiger partial charge in [0.2, 0.25) is 0 Å². The summed E-state index contributed by atoms with van der Waals surface area (Å²) in [5.41, 5.74) is 4.46. The number of carbonyl (C=O) groups is 4. The second kappa shape index (κ2) is 10.5. The van der Waals surface area contributed by atoms with Gasteiger partial charge in [0.1, 0.15) is 6.04 Å². The number of ketones is 1. The average Bonchev–Trinajstić information content (AvgIpc) is 3.29. The van der Waals surface area contributed by atoms with Gasteiger partial charge in [-0.2, -0.15) is 5.01 Å². The maximum absolute atomic E-state index is 14.6. The van der Waals surface area contributed by atoms with E-state index in [0.29, 0.717) is 10.6 Å². The molecule has 1 heterocycles. The summed E-state index contributed by atoms with van der Waals surface area (Å²) < 4.78 is 0. The zero-order valence-electron chi connectivity index (χ0n) is 23.1. The fourth-order valence-electron chi connectivity index (χ4n) is 7.30. The molecule has 4 aromatic carbocycles. The first-order chi connectivity index (χ1) is 20.8. The van der Waals surface area contributed by atoms with Gasteiger partial charge in [-0.25, -0.2) is 5.01 Å². The molecule has 43 heavy (non-hydrogen) atoms. The Morgan fingerprint density at radius 3 is 1.70 bits per heavy atom. The minimum absolute atomic E-state index is 0.0374. The standard InChI is InChI=1S/C35H26Cl2N2O4/c1-2-27(32(40)19-10-4-3-5-11-19)38(33(41)25-17-16-20(36)18-26(25)37)39-34(42)30-28-21-12-6-7-13-22(21)29(31(30)35(39)43)24-15-9-8-14-23(24)28/h3-18,27-31H,2H2,1H3/t27-,28?,29?,30-,31+/m0/s1. The van der Waals surface area contributed by atoms with E-state index in [0.717, 1.165) is 32.3 Å². The van der Waals surface area contributed by atoms with Crippen LogP contribution >= 0.6 is 23.2 Å². The van der Waals surface area contributed by atoms with Crippen molar-refractivity contribution in [3.63, 3.8) is 0 Å². The van der Waals surface area contributed by atoms with E-state index in [4.69, 9.17) is 23.2 Å². The second-order valence-electron chi connectivity index (χ2n) is 11.2. The third kappa shape index (κ3) is 4.08. The van der Waals surface area contributed by atoms with Crippen LogP contribution in [0.25, 0.3) is 0 Å². The molecule has 0 unspecified atom stereocenters. The summed E-state index contributed by atoms with van der Waals surface area (Å²) in [4.78, 5) is 57.6. The molecule has 1 fully saturated rings. The fraction of sp³-hybridized carbons (Fsp3) is 0.200. The Morgan fingerprint density at radius 1 is 0.744 bits per heavy atom. The first-order valence-corrected chi connectivity index (χ1v) is 15.0. The number of hydrogen-bond donors (Lipinski definition) is 0. The van der Waals surface area contributed by atoms with Gasteiger partial charge < -0.3 is 0 Å². The summed E-state index contributed by atoms with van der Waals surface area (Å²) in [7, 11) is 0. The van der Waals surface area contributed by atoms with Crippen molar-refractivity contribution < 1.29 is 19.2 Å². The van der Waals surface area contributed by atoms with Crippen LogP contribution in [0.15, 0.2) is 97.1 Å². The normalized spacial score (nSPS) is 22.1. The lowest BCUT2D eigenvalue weighted by Crippen LogP contribution is -2.57. The molecule has 0 aromatic heterocycles. The maximum Gasteiger partial charge on any atom is 0.275 e. The van der Waals surface area contributed by atoms with Gasteiger partial charge in [-0.1, -0.05) is 109 Å². The first kappa shape index (κ1) is 27.6. The molecular weight excluding hydrogens is 583 g/mol. The molecule has 0 saturated carbocycles. The van der Waals surface area contributed by atoms with E-state index in [9.17, 15) is 19.2 Å². The van der Waals surface area contributed by atoms with Crippen LogP contribution in [0.1, 0.15) is 68.2 Å². The summed E-state index contributed by atoms with van der Waals surface area (Å²) in [5, 5.41) is 2.39. The SMILES string of the molecule is CC[C@@H](C(=O)c1ccccc1)N(C(=O)c1ccc(Cl)cc1Cl)N1C(=O)[C@@H]2C3c4ccccc4C(c4ccccc43)[C@@H]2C1=O. The molecule has 6 nitrogen and oxygen atoms in total. The molecule has 0 spiro atoms. The predicted molar refractivity (Wildman–Crippen MR) is 163 cm³/mol. The number of Topliss-reactive ketones (excluding diaryl/α,β-unsaturated/α-hetero) is 1. The van der Waals surface area contributed by atoms with E-state index in [1.54, 1.807) is 37.3 Å². The van der Waals surface area contributed by atoms with Crippen LogP contribution in [-0.4, -0.2) is 39.6 Å². The highest BCUT2D eigenvalue weighted by atomic mass is 35.5. The zero-order valence-corrected chi connectivity index (χ0v) is 24.6. The van der Waals surface area contributed by atoms with Crippen LogP contribution in [-0.2, 0) is 9.59 Å². The number of nitrogens with zero attached hydrogens (tertiary/aromatic N) is 2. The number of rotatable bonds is 6. The maximum atomic E-state index is 14.6. The summed E-state index contributed by atoms with van der Waals surface area (Å²) in [6.07, 6.45) is 0.157. The van der Waals surface area contributed by atoms with Crippen molar-refractivity contribution in [3.05, 3.63) is 140 Å². The number of amides is 3. The lowest BCUT2D eigenvalue weighted by molar-refractivity contribution is -0.156. The van der Waals surface area contributed by atoms with Gasteiger partial charge in [0.25, 0.3) is 17.7 Å². The van der Waals surface area contributed by atoms with Gasteiger partial charge in [-0.05, 0) is 46.9 Å². The van der Waals surface area contributed by atoms with Crippen LogP contribution in [0.2, 0.25) is 10.0 Å². The van der Waals surface area contributed by atoms with Crippen molar-refractivity contribution in [1.82, 2.24) is 10.0 Å². The third-order valence-corrected chi connectivity index (χ3v) is 9.60. The third-order valence-electron chi connectivity index (χ3n) is 9.05. The van der Waals surface area contributed by atoms with Crippen molar-refractivity contribution in [2.75, 3.05) is 0 Å². The number of halogens is 2. The van der Waals surface area contributed by atoms with Crippen LogP contribution in [0.3, 0.4) is 0 Å². The molecule has 8 rings (SSSR count). The Balaban J connectivity index is 1.39. The highest BCUT2D eigenvalue weighted by Gasteiger charge is 2.63. The Bertz CT molecular complexity index is 1710. The van der Waals surface area contributed by atoms with E-state index < -0.39 is 35.6 Å². The molecule has 2 bridgehead atoms. The molecule has 4 aliphatic rings. The van der Waals surface area contributed by atoms with Gasteiger partial charge in [0.15, 0.2) is 5.78 Å². The summed E-state index contributed by atoms with van der Waals surface area (Å²) in [6, 6.07) is 27.7. The Kier molecular flexibility index (Phi) is 6.71. The van der Waals surface area contributed by atoms with Gasteiger partial charge in [0.05, 0.1) is 22.4 Å². The minimum atomic E-state index is -1.14. The quantitative estimate of drug-likeness (QED) is 0.176. The molecule has 0 radical (unpaired) electrons. The molecule has 3 atom stereocenters. The Hall–Kier alpha value is -4.26. The second-order valence-corrected chi connectivity index (χ2v) is 12.0. The molecule has 1 aliphatic heterocycles. The number of hydrogen-bond acceptors (Lipinski definition) is 4. The lowest BCUT2D eigenvalue weighted by Gasteiger charge is -2.45. The van der Waals surface area contributed by atoms with E-state index in [1.165, 1.54) is 18.2 Å². The largest absolute Gasteiger partial charge is 0.292 e. The van der Waals surface area contributed by atoms with Crippen molar-refractivity contribution >= 4 is 46.7 Å². The van der Waals surface area contributed by atoms with E-state index in [-0.39, 0.29) is 34.6 Å². The Labute approximate surface area is 258 Å². The number of benzene rings is 4. The van der Waals surface area contributed by atoms with Gasteiger partial charge >= 0.3 is 0 Å². The van der Waals surface area contributed by atoms with Crippen LogP contribution in [0.4, 0.5) is 0 Å². The van der Waals surface area contributed by atoms with E-state index >= 15 is 0 Å². The number of imide groups is 1. The Morgan fingerprint density at radius 2 is 1.23 bits per heavy atom. The van der Waals surface area contributed by atoms with Gasteiger partial charge in [-0.3, -0.25) is 19.2 Å². The lowest BCUT2D eigenvalue weighted by atomic mass is 9.55. The summed E-state index contributed by atoms with van der Waals surface area (Å²) >= 11 is 12.6. The number of carbonyl (C=O) groups excluding carboxylic acids is 4. The molecule has 4 aromatic rings. The topological polar surface area (TPSA) is 74.8 Å². The molecule has 3 amide bonds. The smallest absolute Gasteiger partial charge is 0.275 e. The van der Waals surface area contributed by atoms with Crippen LogP contribution in [0, 0.1) is 11.8 Å². The van der Waals surface area contributed by atoms with Crippen LogP contribution in [0.5, 0.6) is 0 Å². The van der Waals surface area contributed by atoms with E-state index in [1.807, 2.05) is 48.5 Å². The number of hydrazine groups is 1.